The quantitative estimate of drug-likeness (QED) is 0.784. The lowest BCUT2D eigenvalue weighted by molar-refractivity contribution is 0.0946. The van der Waals surface area contributed by atoms with Crippen LogP contribution >= 0.6 is 35.0 Å². The Balaban J connectivity index is 0.00000108. The van der Waals surface area contributed by atoms with Gasteiger partial charge in [0, 0.05) is 28.3 Å². The molecule has 1 saturated heterocycles. The van der Waals surface area contributed by atoms with Crippen LogP contribution in [0.3, 0.4) is 0 Å². The minimum atomic E-state index is 0. The third kappa shape index (κ3) is 2.58. The van der Waals surface area contributed by atoms with Crippen molar-refractivity contribution in [3.05, 3.63) is 33.4 Å². The number of carbonyl (C=O) groups excluding carboxylic acids is 1. The molecule has 2 aliphatic rings. The van der Waals surface area contributed by atoms with Gasteiger partial charge < -0.3 is 10.6 Å². The first-order valence-corrected chi connectivity index (χ1v) is 6.61. The highest BCUT2D eigenvalue weighted by Gasteiger charge is 2.53. The average molecular weight is 365 g/mol. The van der Waals surface area contributed by atoms with Gasteiger partial charge in [-0.05, 0) is 58.7 Å². The summed E-state index contributed by atoms with van der Waals surface area (Å²) < 4.78 is 1.15. The monoisotopic (exact) mass is 364 g/mol. The van der Waals surface area contributed by atoms with Crippen LogP contribution in [0.5, 0.6) is 0 Å². The molecule has 1 saturated carbocycles. The van der Waals surface area contributed by atoms with E-state index in [-0.39, 0.29) is 18.3 Å². The summed E-state index contributed by atoms with van der Waals surface area (Å²) in [4.78, 5) is 11.9. The maximum Gasteiger partial charge on any atom is 0.251 e. The lowest BCUT2D eigenvalue weighted by Gasteiger charge is -2.07. The van der Waals surface area contributed by atoms with E-state index in [0.717, 1.165) is 22.2 Å². The molecule has 0 aromatic heterocycles. The molecule has 92 valence electrons. The Morgan fingerprint density at radius 1 is 1.24 bits per heavy atom. The van der Waals surface area contributed by atoms with Crippen molar-refractivity contribution in [3.63, 3.8) is 0 Å². The summed E-state index contributed by atoms with van der Waals surface area (Å²) in [7, 11) is 0. The Hall–Kier alpha value is -0.330. The van der Waals surface area contributed by atoms with E-state index in [2.05, 4.69) is 33.2 Å². The molecule has 17 heavy (non-hydrogen) atoms. The normalized spacial score (nSPS) is 29.1. The zero-order valence-electron chi connectivity index (χ0n) is 9.15. The van der Waals surface area contributed by atoms with E-state index in [1.165, 1.54) is 0 Å². The number of benzene rings is 1. The van der Waals surface area contributed by atoms with E-state index < -0.39 is 0 Å². The van der Waals surface area contributed by atoms with Gasteiger partial charge in [0.25, 0.3) is 5.91 Å². The minimum absolute atomic E-state index is 0. The van der Waals surface area contributed by atoms with Gasteiger partial charge in [-0.15, -0.1) is 12.4 Å². The summed E-state index contributed by atoms with van der Waals surface area (Å²) in [5, 5.41) is 6.43. The summed E-state index contributed by atoms with van der Waals surface area (Å²) in [5.74, 6) is 1.41. The smallest absolute Gasteiger partial charge is 0.251 e. The molecule has 0 bridgehead atoms. The summed E-state index contributed by atoms with van der Waals surface area (Å²) in [5.41, 5.74) is 0.762. The van der Waals surface area contributed by atoms with E-state index in [1.807, 2.05) is 24.3 Å². The molecule has 1 amide bonds. The topological polar surface area (TPSA) is 41.1 Å². The fraction of sp³-hybridized carbons (Fsp3) is 0.417. The van der Waals surface area contributed by atoms with Crippen molar-refractivity contribution in [1.29, 1.82) is 0 Å². The van der Waals surface area contributed by atoms with Crippen LogP contribution in [-0.4, -0.2) is 25.0 Å². The van der Waals surface area contributed by atoms with Gasteiger partial charge >= 0.3 is 0 Å². The summed E-state index contributed by atoms with van der Waals surface area (Å²) in [6, 6.07) is 8.10. The Bertz CT molecular complexity index is 413. The molecular formula is C12H14ClIN2O. The Labute approximate surface area is 120 Å². The van der Waals surface area contributed by atoms with Gasteiger partial charge in [0.2, 0.25) is 0 Å². The van der Waals surface area contributed by atoms with Crippen LogP contribution in [-0.2, 0) is 0 Å². The minimum Gasteiger partial charge on any atom is -0.349 e. The average Bonchev–Trinajstić information content (AvgIpc) is 2.75. The van der Waals surface area contributed by atoms with E-state index >= 15 is 0 Å². The lowest BCUT2D eigenvalue weighted by atomic mass is 10.2. The van der Waals surface area contributed by atoms with Gasteiger partial charge in [0.05, 0.1) is 0 Å². The second kappa shape index (κ2) is 5.12. The van der Waals surface area contributed by atoms with Crippen molar-refractivity contribution in [2.24, 2.45) is 11.8 Å². The number of carbonyl (C=O) groups is 1. The molecule has 1 aromatic carbocycles. The molecule has 2 fully saturated rings. The molecule has 1 aliphatic carbocycles. The number of fused-ring (bicyclic) bond motifs is 1. The number of rotatable bonds is 2. The van der Waals surface area contributed by atoms with Crippen molar-refractivity contribution >= 4 is 40.9 Å². The molecule has 2 N–H and O–H groups in total. The molecular weight excluding hydrogens is 351 g/mol. The predicted octanol–water partition coefficient (Wildman–Crippen LogP) is 1.66. The fourth-order valence-corrected chi connectivity index (χ4v) is 2.83. The van der Waals surface area contributed by atoms with Crippen molar-refractivity contribution in [1.82, 2.24) is 10.6 Å². The summed E-state index contributed by atoms with van der Waals surface area (Å²) >= 11 is 2.24. The Morgan fingerprint density at radius 3 is 2.41 bits per heavy atom. The van der Waals surface area contributed by atoms with E-state index in [4.69, 9.17) is 0 Å². The summed E-state index contributed by atoms with van der Waals surface area (Å²) in [6.45, 7) is 2.12. The van der Waals surface area contributed by atoms with E-state index in [9.17, 15) is 4.79 Å². The second-order valence-electron chi connectivity index (χ2n) is 4.49. The number of hydrogen-bond acceptors (Lipinski definition) is 2. The van der Waals surface area contributed by atoms with Crippen LogP contribution in [0.2, 0.25) is 0 Å². The molecule has 1 heterocycles. The van der Waals surface area contributed by atoms with Crippen molar-refractivity contribution in [2.45, 2.75) is 6.04 Å². The molecule has 3 nitrogen and oxygen atoms in total. The Kier molecular flexibility index (Phi) is 3.95. The number of hydrogen-bond donors (Lipinski definition) is 2. The molecule has 1 aromatic rings. The number of nitrogens with one attached hydrogen (secondary N) is 2. The predicted molar refractivity (Wildman–Crippen MR) is 77.5 cm³/mol. The number of piperidine rings is 1. The van der Waals surface area contributed by atoms with Crippen molar-refractivity contribution in [2.75, 3.05) is 13.1 Å². The molecule has 5 heteroatoms. The van der Waals surface area contributed by atoms with Crippen LogP contribution in [0.15, 0.2) is 24.3 Å². The van der Waals surface area contributed by atoms with Crippen LogP contribution in [0.1, 0.15) is 10.4 Å². The first-order chi connectivity index (χ1) is 7.75. The van der Waals surface area contributed by atoms with Crippen molar-refractivity contribution in [3.8, 4) is 0 Å². The van der Waals surface area contributed by atoms with Gasteiger partial charge in [-0.3, -0.25) is 4.79 Å². The largest absolute Gasteiger partial charge is 0.349 e. The maximum absolute atomic E-state index is 11.9. The van der Waals surface area contributed by atoms with Gasteiger partial charge in [-0.1, -0.05) is 0 Å². The van der Waals surface area contributed by atoms with Crippen LogP contribution in [0.4, 0.5) is 0 Å². The zero-order chi connectivity index (χ0) is 11.1. The zero-order valence-corrected chi connectivity index (χ0v) is 12.1. The van der Waals surface area contributed by atoms with E-state index in [1.54, 1.807) is 0 Å². The highest BCUT2D eigenvalue weighted by atomic mass is 127. The highest BCUT2D eigenvalue weighted by Crippen LogP contribution is 2.41. The van der Waals surface area contributed by atoms with Crippen LogP contribution in [0, 0.1) is 15.4 Å². The molecule has 2 atom stereocenters. The molecule has 2 unspecified atom stereocenters. The molecule has 0 radical (unpaired) electrons. The van der Waals surface area contributed by atoms with Gasteiger partial charge in [-0.25, -0.2) is 0 Å². The van der Waals surface area contributed by atoms with Crippen molar-refractivity contribution < 1.29 is 4.79 Å². The van der Waals surface area contributed by atoms with Gasteiger partial charge in [-0.2, -0.15) is 0 Å². The number of amides is 1. The molecule has 1 aliphatic heterocycles. The standard InChI is InChI=1S/C12H13IN2O.ClH/c13-8-3-1-7(2-4-8)12(16)15-11-9-5-14-6-10(9)11;/h1-4,9-11,14H,5-6H2,(H,15,16);1H. The van der Waals surface area contributed by atoms with E-state index in [0.29, 0.717) is 17.9 Å². The molecule has 3 rings (SSSR count). The number of halogens is 2. The second-order valence-corrected chi connectivity index (χ2v) is 5.74. The first-order valence-electron chi connectivity index (χ1n) is 5.53. The van der Waals surface area contributed by atoms with Gasteiger partial charge in [0.15, 0.2) is 0 Å². The summed E-state index contributed by atoms with van der Waals surface area (Å²) in [6.07, 6.45) is 0. The SMILES string of the molecule is Cl.O=C(NC1C2CNCC21)c1ccc(I)cc1. The van der Waals surface area contributed by atoms with Crippen LogP contribution in [0.25, 0.3) is 0 Å². The third-order valence-corrected chi connectivity index (χ3v) is 4.22. The lowest BCUT2D eigenvalue weighted by Crippen LogP contribution is -2.32. The first kappa shape index (κ1) is 13.1. The Morgan fingerprint density at radius 2 is 1.82 bits per heavy atom. The maximum atomic E-state index is 11.9. The van der Waals surface area contributed by atoms with Gasteiger partial charge in [0.1, 0.15) is 0 Å². The molecule has 0 spiro atoms. The highest BCUT2D eigenvalue weighted by molar-refractivity contribution is 14.1. The van der Waals surface area contributed by atoms with Crippen LogP contribution < -0.4 is 10.6 Å². The third-order valence-electron chi connectivity index (χ3n) is 3.50. The fourth-order valence-electron chi connectivity index (χ4n) is 2.47.